The molecule has 7 heteroatoms. The van der Waals surface area contributed by atoms with Crippen molar-refractivity contribution in [1.82, 2.24) is 10.3 Å². The van der Waals surface area contributed by atoms with Gasteiger partial charge in [0, 0.05) is 25.0 Å². The van der Waals surface area contributed by atoms with Gasteiger partial charge < -0.3 is 20.3 Å². The van der Waals surface area contributed by atoms with Crippen molar-refractivity contribution in [3.05, 3.63) is 70.0 Å². The highest BCUT2D eigenvalue weighted by Gasteiger charge is 2.35. The summed E-state index contributed by atoms with van der Waals surface area (Å²) < 4.78 is 0. The lowest BCUT2D eigenvalue weighted by atomic mass is 9.95. The van der Waals surface area contributed by atoms with Crippen LogP contribution in [0.4, 0.5) is 5.69 Å². The molecular formula is C22H20N4O3. The smallest absolute Gasteiger partial charge is 0.254 e. The van der Waals surface area contributed by atoms with Gasteiger partial charge in [-0.15, -0.1) is 0 Å². The van der Waals surface area contributed by atoms with Gasteiger partial charge in [0.05, 0.1) is 35.2 Å². The Morgan fingerprint density at radius 1 is 1.21 bits per heavy atom. The van der Waals surface area contributed by atoms with Crippen molar-refractivity contribution in [2.24, 2.45) is 5.92 Å². The number of nitrogens with zero attached hydrogens (tertiary/aromatic N) is 2. The minimum atomic E-state index is -0.263. The topological polar surface area (TPSA) is 109 Å². The number of anilines is 1. The highest BCUT2D eigenvalue weighted by molar-refractivity contribution is 5.95. The Kier molecular flexibility index (Phi) is 4.92. The summed E-state index contributed by atoms with van der Waals surface area (Å²) in [5.41, 5.74) is 2.54. The van der Waals surface area contributed by atoms with Crippen LogP contribution in [0.15, 0.2) is 53.3 Å². The number of fused-ring (bicyclic) bond motifs is 1. The summed E-state index contributed by atoms with van der Waals surface area (Å²) in [7, 11) is 0. The molecule has 1 amide bonds. The van der Waals surface area contributed by atoms with E-state index in [1.165, 1.54) is 0 Å². The van der Waals surface area contributed by atoms with Crippen molar-refractivity contribution in [3.63, 3.8) is 0 Å². The minimum Gasteiger partial charge on any atom is -0.508 e. The van der Waals surface area contributed by atoms with Crippen LogP contribution < -0.4 is 15.8 Å². The Morgan fingerprint density at radius 3 is 2.66 bits per heavy atom. The molecule has 146 valence electrons. The largest absolute Gasteiger partial charge is 0.508 e. The molecule has 0 unspecified atom stereocenters. The first kappa shape index (κ1) is 18.6. The maximum atomic E-state index is 12.5. The molecule has 1 aliphatic heterocycles. The molecule has 4 rings (SSSR count). The normalized spacial score (nSPS) is 13.7. The Bertz CT molecular complexity index is 1160. The number of hydrogen-bond acceptors (Lipinski definition) is 5. The molecule has 3 N–H and O–H groups in total. The number of benzene rings is 2. The molecule has 0 aliphatic carbocycles. The first-order valence-electron chi connectivity index (χ1n) is 9.38. The molecule has 1 aliphatic rings. The molecule has 0 saturated carbocycles. The number of aromatic nitrogens is 1. The molecule has 7 nitrogen and oxygen atoms in total. The van der Waals surface area contributed by atoms with Crippen molar-refractivity contribution in [3.8, 4) is 11.8 Å². The number of H-pyrrole nitrogens is 1. The Balaban J connectivity index is 1.49. The lowest BCUT2D eigenvalue weighted by Gasteiger charge is -2.41. The molecule has 1 fully saturated rings. The van der Waals surface area contributed by atoms with Gasteiger partial charge in [0.2, 0.25) is 5.91 Å². The summed E-state index contributed by atoms with van der Waals surface area (Å²) in [6, 6.07) is 16.2. The number of para-hydroxylation sites is 1. The van der Waals surface area contributed by atoms with Crippen LogP contribution in [0.25, 0.3) is 10.9 Å². The molecule has 0 spiro atoms. The van der Waals surface area contributed by atoms with Crippen LogP contribution >= 0.6 is 0 Å². The average molecular weight is 388 g/mol. The van der Waals surface area contributed by atoms with Crippen LogP contribution in [0.3, 0.4) is 0 Å². The summed E-state index contributed by atoms with van der Waals surface area (Å²) in [6.07, 6.45) is 0.0176. The third-order valence-electron chi connectivity index (χ3n) is 5.22. The number of hydrogen-bond donors (Lipinski definition) is 3. The van der Waals surface area contributed by atoms with Crippen molar-refractivity contribution in [2.75, 3.05) is 18.0 Å². The van der Waals surface area contributed by atoms with Crippen LogP contribution in [0.1, 0.15) is 11.1 Å². The van der Waals surface area contributed by atoms with E-state index in [1.54, 1.807) is 24.3 Å². The summed E-state index contributed by atoms with van der Waals surface area (Å²) in [5, 5.41) is 22.3. The summed E-state index contributed by atoms with van der Waals surface area (Å²) in [5.74, 6) is -0.0432. The molecule has 29 heavy (non-hydrogen) atoms. The number of carbonyl (C=O) groups excluding carboxylic acids is 1. The van der Waals surface area contributed by atoms with E-state index in [-0.39, 0.29) is 29.6 Å². The van der Waals surface area contributed by atoms with Crippen LogP contribution in [0.2, 0.25) is 0 Å². The first-order valence-corrected chi connectivity index (χ1v) is 9.38. The Hall–Kier alpha value is -3.79. The van der Waals surface area contributed by atoms with E-state index in [1.807, 2.05) is 29.2 Å². The molecule has 1 aromatic heterocycles. The number of phenolic OH excluding ortho intramolecular Hbond substituents is 1. The maximum Gasteiger partial charge on any atom is 0.254 e. The molecule has 2 heterocycles. The van der Waals surface area contributed by atoms with Gasteiger partial charge in [0.1, 0.15) is 5.75 Å². The standard InChI is InChI=1S/C22H20N4O3/c23-10-9-18-20(17-3-1-2-4-19(17)25-22(18)29)26-12-15(13-26)21(28)24-11-14-5-7-16(27)8-6-14/h1-8,15,27H,9,11-13H2,(H,24,28)(H,25,29). The zero-order valence-corrected chi connectivity index (χ0v) is 15.7. The van der Waals surface area contributed by atoms with Gasteiger partial charge in [-0.25, -0.2) is 0 Å². The molecule has 3 aromatic rings. The Morgan fingerprint density at radius 2 is 1.93 bits per heavy atom. The van der Waals surface area contributed by atoms with Crippen molar-refractivity contribution in [2.45, 2.75) is 13.0 Å². The number of aromatic hydroxyl groups is 1. The van der Waals surface area contributed by atoms with Crippen molar-refractivity contribution < 1.29 is 9.90 Å². The molecule has 0 atom stereocenters. The second-order valence-corrected chi connectivity index (χ2v) is 7.15. The van der Waals surface area contributed by atoms with Crippen molar-refractivity contribution >= 4 is 22.5 Å². The van der Waals surface area contributed by atoms with E-state index in [0.29, 0.717) is 25.2 Å². The van der Waals surface area contributed by atoms with Crippen molar-refractivity contribution in [1.29, 1.82) is 5.26 Å². The number of nitrogens with one attached hydrogen (secondary N) is 2. The molecule has 0 radical (unpaired) electrons. The summed E-state index contributed by atoms with van der Waals surface area (Å²) >= 11 is 0. The van der Waals surface area contributed by atoms with Crippen LogP contribution in [0, 0.1) is 17.2 Å². The lowest BCUT2D eigenvalue weighted by Crippen LogP contribution is -2.54. The fourth-order valence-corrected chi connectivity index (χ4v) is 3.65. The van der Waals surface area contributed by atoms with E-state index in [4.69, 9.17) is 5.26 Å². The van der Waals surface area contributed by atoms with E-state index >= 15 is 0 Å². The summed E-state index contributed by atoms with van der Waals surface area (Å²) in [6.45, 7) is 1.38. The number of carbonyl (C=O) groups is 1. The van der Waals surface area contributed by atoms with E-state index in [9.17, 15) is 14.7 Å². The monoisotopic (exact) mass is 388 g/mol. The Labute approximate surface area is 167 Å². The zero-order valence-electron chi connectivity index (χ0n) is 15.7. The predicted octanol–water partition coefficient (Wildman–Crippen LogP) is 2.05. The second kappa shape index (κ2) is 7.68. The van der Waals surface area contributed by atoms with Crippen LogP contribution in [0.5, 0.6) is 5.75 Å². The van der Waals surface area contributed by atoms with Gasteiger partial charge in [0.25, 0.3) is 5.56 Å². The molecule has 2 aromatic carbocycles. The van der Waals surface area contributed by atoms with E-state index in [2.05, 4.69) is 16.4 Å². The fourth-order valence-electron chi connectivity index (χ4n) is 3.65. The quantitative estimate of drug-likeness (QED) is 0.620. The molecule has 0 bridgehead atoms. The number of nitriles is 1. The number of amides is 1. The number of phenols is 1. The van der Waals surface area contributed by atoms with E-state index in [0.717, 1.165) is 22.2 Å². The SMILES string of the molecule is N#CCc1c(N2CC(C(=O)NCc3ccc(O)cc3)C2)c2ccccc2[nH]c1=O. The second-order valence-electron chi connectivity index (χ2n) is 7.15. The summed E-state index contributed by atoms with van der Waals surface area (Å²) in [4.78, 5) is 29.8. The average Bonchev–Trinajstić information content (AvgIpc) is 2.68. The van der Waals surface area contributed by atoms with Gasteiger partial charge in [-0.1, -0.05) is 30.3 Å². The first-order chi connectivity index (χ1) is 14.1. The number of rotatable bonds is 5. The highest BCUT2D eigenvalue weighted by atomic mass is 16.3. The van der Waals surface area contributed by atoms with E-state index < -0.39 is 0 Å². The van der Waals surface area contributed by atoms with Gasteiger partial charge in [-0.2, -0.15) is 5.26 Å². The maximum absolute atomic E-state index is 12.5. The van der Waals surface area contributed by atoms with Crippen LogP contribution in [-0.2, 0) is 17.8 Å². The zero-order chi connectivity index (χ0) is 20.4. The van der Waals surface area contributed by atoms with Gasteiger partial charge in [0.15, 0.2) is 0 Å². The lowest BCUT2D eigenvalue weighted by molar-refractivity contribution is -0.125. The number of pyridine rings is 1. The minimum absolute atomic E-state index is 0.0176. The number of aromatic amines is 1. The fraction of sp³-hybridized carbons (Fsp3) is 0.227. The molecule has 1 saturated heterocycles. The predicted molar refractivity (Wildman–Crippen MR) is 110 cm³/mol. The highest BCUT2D eigenvalue weighted by Crippen LogP contribution is 2.33. The van der Waals surface area contributed by atoms with Gasteiger partial charge in [-0.05, 0) is 23.8 Å². The van der Waals surface area contributed by atoms with Gasteiger partial charge >= 0.3 is 0 Å². The third-order valence-corrected chi connectivity index (χ3v) is 5.22. The third kappa shape index (κ3) is 3.65. The van der Waals surface area contributed by atoms with Gasteiger partial charge in [-0.3, -0.25) is 9.59 Å². The molecular weight excluding hydrogens is 368 g/mol. The van der Waals surface area contributed by atoms with Crippen LogP contribution in [-0.4, -0.2) is 29.1 Å².